The second-order valence-corrected chi connectivity index (χ2v) is 33.3. The number of likely N-dealkylation sites (N-methyl/N-ethyl adjacent to an activating group) is 5. The molecule has 108 heavy (non-hydrogen) atoms. The minimum Gasteiger partial charge on any atom is -0.378 e. The maximum Gasteiger partial charge on any atom is 0.393 e. The van der Waals surface area contributed by atoms with Crippen molar-refractivity contribution in [2.24, 2.45) is 41.4 Å². The molecule has 0 aromatic heterocycles. The maximum absolute atomic E-state index is 15.8. The first-order chi connectivity index (χ1) is 50.9. The number of hydrogen-bond donors (Lipinski definition) is 3. The molecule has 32 heteroatoms. The van der Waals surface area contributed by atoms with E-state index in [4.69, 9.17) is 16.3 Å². The monoisotopic (exact) mass is 1560 g/mol. The topological polar surface area (TPSA) is 279 Å². The molecule has 1 spiro atoms. The van der Waals surface area contributed by atoms with Crippen molar-refractivity contribution in [1.29, 1.82) is 0 Å². The Morgan fingerprint density at radius 1 is 0.593 bits per heavy atom. The molecule has 12 atom stereocenters. The Morgan fingerprint density at radius 3 is 1.76 bits per heavy atom. The number of ether oxygens (including phenoxy) is 1. The number of halogens is 7. The van der Waals surface area contributed by atoms with E-state index in [1.54, 1.807) is 20.8 Å². The number of fused-ring (bicyclic) bond motifs is 2. The van der Waals surface area contributed by atoms with Gasteiger partial charge in [0, 0.05) is 73.3 Å². The number of amides is 12. The molecule has 0 aromatic rings. The van der Waals surface area contributed by atoms with Crippen LogP contribution in [0, 0.1) is 41.4 Å². The van der Waals surface area contributed by atoms with Crippen LogP contribution in [0.25, 0.3) is 0 Å². The number of alkyl halides is 7. The summed E-state index contributed by atoms with van der Waals surface area (Å²) in [6.45, 7) is 8.25. The summed E-state index contributed by atoms with van der Waals surface area (Å²) in [5.41, 5.74) is -1.61. The van der Waals surface area contributed by atoms with Gasteiger partial charge in [-0.25, -0.2) is 0 Å². The summed E-state index contributed by atoms with van der Waals surface area (Å²) < 4.78 is 90.4. The fourth-order valence-electron chi connectivity index (χ4n) is 18.0. The van der Waals surface area contributed by atoms with Gasteiger partial charge in [-0.3, -0.25) is 57.5 Å². The lowest BCUT2D eigenvalue weighted by molar-refractivity contribution is -0.184. The molecule has 8 aliphatic rings. The minimum absolute atomic E-state index is 0.0135. The zero-order chi connectivity index (χ0) is 79.4. The van der Waals surface area contributed by atoms with E-state index in [0.717, 1.165) is 9.80 Å². The quantitative estimate of drug-likeness (QED) is 0.123. The van der Waals surface area contributed by atoms with Gasteiger partial charge in [0.05, 0.1) is 44.6 Å². The van der Waals surface area contributed by atoms with Crippen LogP contribution in [0.2, 0.25) is 0 Å². The van der Waals surface area contributed by atoms with Crippen LogP contribution >= 0.6 is 11.6 Å². The van der Waals surface area contributed by atoms with E-state index in [2.05, 4.69) is 16.0 Å². The summed E-state index contributed by atoms with van der Waals surface area (Å²) >= 11 is 6.45. The second-order valence-electron chi connectivity index (χ2n) is 32.7. The number of hydrogen-bond acceptors (Lipinski definition) is 13. The number of nitrogens with one attached hydrogen (secondary N) is 3. The molecule has 0 bridgehead atoms. The minimum atomic E-state index is -4.55. The molecule has 4 heterocycles. The summed E-state index contributed by atoms with van der Waals surface area (Å²) in [6.07, 6.45) is -5.14. The molecule has 4 aliphatic carbocycles. The SMILES string of the molecule is CCCN1C(=O)CN(C)C(=O)CN(C)C(=O)[C@H]([C@@H](C)CC)NC(=O)[C@H](CC(C)C)N(C)C(=O)C[C@@H](C(=O)N2CCOCC2)N(C)C(=O)[C@H](C2CCCC2)N(C)C(=O)C2(CCCC2)NC(=O)[C@@H]2CCCN2C(=O)[C@H](CCC2CCC(C(F)(F)F)C(Cl)C2)NC(=O)[C@H]2CCCN2C(=O)[C@@H]1CC1CCC(C(F)(F)F)CC1. The summed E-state index contributed by atoms with van der Waals surface area (Å²) in [5.74, 6) is -13.7. The van der Waals surface area contributed by atoms with E-state index in [0.29, 0.717) is 51.4 Å². The highest BCUT2D eigenvalue weighted by Crippen LogP contribution is 2.45. The van der Waals surface area contributed by atoms with Crippen molar-refractivity contribution in [2.45, 2.75) is 273 Å². The predicted octanol–water partition coefficient (Wildman–Crippen LogP) is 7.04. The Labute approximate surface area is 637 Å². The van der Waals surface area contributed by atoms with E-state index in [9.17, 15) is 40.7 Å². The third kappa shape index (κ3) is 21.2. The van der Waals surface area contributed by atoms with Gasteiger partial charge >= 0.3 is 12.4 Å². The van der Waals surface area contributed by atoms with Gasteiger partial charge in [-0.1, -0.05) is 66.7 Å². The largest absolute Gasteiger partial charge is 0.393 e. The Morgan fingerprint density at radius 2 is 1.19 bits per heavy atom. The molecule has 3 N–H and O–H groups in total. The van der Waals surface area contributed by atoms with E-state index in [1.807, 2.05) is 13.8 Å². The molecular formula is C76H119ClF6N12O13. The molecule has 0 aromatic carbocycles. The van der Waals surface area contributed by atoms with Gasteiger partial charge in [0.2, 0.25) is 70.9 Å². The Hall–Kier alpha value is -6.53. The zero-order valence-electron chi connectivity index (χ0n) is 65.0. The lowest BCUT2D eigenvalue weighted by Crippen LogP contribution is -2.65. The third-order valence-corrected chi connectivity index (χ3v) is 25.3. The molecular weight excluding hydrogens is 1440 g/mol. The predicted molar refractivity (Wildman–Crippen MR) is 388 cm³/mol. The van der Waals surface area contributed by atoms with Gasteiger partial charge < -0.3 is 64.8 Å². The maximum atomic E-state index is 15.8. The Kier molecular flexibility index (Phi) is 30.7. The zero-order valence-corrected chi connectivity index (χ0v) is 65.7. The van der Waals surface area contributed by atoms with Crippen LogP contribution < -0.4 is 16.0 Å². The van der Waals surface area contributed by atoms with Crippen LogP contribution in [0.5, 0.6) is 0 Å². The van der Waals surface area contributed by atoms with Crippen LogP contribution in [0.3, 0.4) is 0 Å². The van der Waals surface area contributed by atoms with Crippen molar-refractivity contribution < 1.29 is 88.6 Å². The number of rotatable bonds is 13. The van der Waals surface area contributed by atoms with Gasteiger partial charge in [0.25, 0.3) is 0 Å². The van der Waals surface area contributed by atoms with E-state index in [-0.39, 0.29) is 161 Å². The number of carbonyl (C=O) groups excluding carboxylic acids is 12. The first-order valence-corrected chi connectivity index (χ1v) is 40.1. The van der Waals surface area contributed by atoms with Crippen molar-refractivity contribution in [3.05, 3.63) is 0 Å². The van der Waals surface area contributed by atoms with E-state index < -0.39 is 198 Å². The summed E-state index contributed by atoms with van der Waals surface area (Å²) in [7, 11) is 6.99. The smallest absolute Gasteiger partial charge is 0.378 e. The molecule has 3 unspecified atom stereocenters. The lowest BCUT2D eigenvalue weighted by atomic mass is 9.78. The molecule has 25 nitrogen and oxygen atoms in total. The average molecular weight is 1560 g/mol. The molecule has 0 radical (unpaired) electrons. The molecule has 610 valence electrons. The first-order valence-electron chi connectivity index (χ1n) is 39.7. The van der Waals surface area contributed by atoms with Crippen LogP contribution in [0.4, 0.5) is 26.3 Å². The summed E-state index contributed by atoms with van der Waals surface area (Å²) in [4.78, 5) is 194. The van der Waals surface area contributed by atoms with Crippen molar-refractivity contribution >= 4 is 82.5 Å². The van der Waals surface area contributed by atoms with Crippen molar-refractivity contribution in [2.75, 3.05) is 94.3 Å². The van der Waals surface area contributed by atoms with Crippen LogP contribution in [0.1, 0.15) is 202 Å². The summed E-state index contributed by atoms with van der Waals surface area (Å²) in [6, 6.07) is -10.5. The number of carbonyl (C=O) groups is 12. The molecule has 4 aliphatic heterocycles. The Bertz CT molecular complexity index is 3180. The van der Waals surface area contributed by atoms with Gasteiger partial charge in [0.1, 0.15) is 53.9 Å². The molecule has 8 rings (SSSR count). The fraction of sp³-hybridized carbons (Fsp3) is 0.842. The molecule has 12 amide bonds. The van der Waals surface area contributed by atoms with Crippen molar-refractivity contribution in [3.8, 4) is 0 Å². The van der Waals surface area contributed by atoms with Crippen molar-refractivity contribution in [3.63, 3.8) is 0 Å². The van der Waals surface area contributed by atoms with Gasteiger partial charge in [0.15, 0.2) is 0 Å². The highest BCUT2D eigenvalue weighted by atomic mass is 35.5. The average Bonchev–Trinajstić information content (AvgIpc) is 1.17. The first kappa shape index (κ1) is 87.1. The lowest BCUT2D eigenvalue weighted by Gasteiger charge is -2.42. The van der Waals surface area contributed by atoms with E-state index >= 15 is 43.2 Å². The number of nitrogens with zero attached hydrogens (tertiary/aromatic N) is 9. The third-order valence-electron chi connectivity index (χ3n) is 24.8. The summed E-state index contributed by atoms with van der Waals surface area (Å²) in [5, 5.41) is 7.59. The Balaban J connectivity index is 1.19. The number of morpholine rings is 1. The molecule has 4 saturated heterocycles. The van der Waals surface area contributed by atoms with E-state index in [1.165, 1.54) is 69.5 Å². The van der Waals surface area contributed by atoms with Crippen LogP contribution in [-0.2, 0) is 62.3 Å². The van der Waals surface area contributed by atoms with Crippen LogP contribution in [0.15, 0.2) is 0 Å². The highest BCUT2D eigenvalue weighted by molar-refractivity contribution is 6.21. The standard InChI is InChI=1S/C76H119ClF6N12O13/c1-11-33-93-59(42-49-23-27-51(28-24-49)75(78,79)80)70(104)95-35-17-21-55(95)65(99)84-54(30-26-48-25-29-52(53(77)41-48)76(81,82)83)68(102)94-34-18-22-56(94)67(101)86-74(31-15-16-32-74)73(107)91(10)64(50-19-13-14-20-50)72(106)90(9)58(69(103)92-36-38-108-39-37-92)43-60(96)89(8)57(40-46(3)4)66(100)85-63(47(5)12-2)71(105)88(7)44-61(97)87(6)45-62(93)98/h46-59,63-64H,11-45H2,1-10H3,(H,84,99)(H,85,100)(H,86,101)/t47-,48?,49?,51?,52?,53?,54-,55+,56-,57-,58-,59-,63-,64-/m0/s1. The second kappa shape index (κ2) is 38.1. The molecule has 4 saturated carbocycles. The normalized spacial score (nSPS) is 31.2. The van der Waals surface area contributed by atoms with Gasteiger partial charge in [-0.2, -0.15) is 26.3 Å². The fourth-order valence-corrected chi connectivity index (χ4v) is 18.6. The van der Waals surface area contributed by atoms with Gasteiger partial charge in [-0.15, -0.1) is 11.6 Å². The van der Waals surface area contributed by atoms with Crippen molar-refractivity contribution in [1.82, 2.24) is 60.0 Å². The molecule has 8 fully saturated rings. The van der Waals surface area contributed by atoms with Crippen LogP contribution in [-0.4, -0.2) is 281 Å². The van der Waals surface area contributed by atoms with Gasteiger partial charge in [-0.05, 0) is 158 Å². The highest BCUT2D eigenvalue weighted by Gasteiger charge is 2.54.